The first kappa shape index (κ1) is 9.99. The van der Waals surface area contributed by atoms with Crippen LogP contribution in [0.1, 0.15) is 12.5 Å². The Balaban J connectivity index is 2.33. The number of hydrogen-bond acceptors (Lipinski definition) is 2. The number of nitrogens with one attached hydrogen (secondary N) is 1. The largest absolute Gasteiger partial charge is 0.366 e. The quantitative estimate of drug-likeness (QED) is 0.836. The summed E-state index contributed by atoms with van der Waals surface area (Å²) >= 11 is 9.33. The Hall–Kier alpha value is -0.540. The third-order valence-corrected chi connectivity index (χ3v) is 2.98. The van der Waals surface area contributed by atoms with Crippen LogP contribution in [0.2, 0.25) is 5.02 Å². The van der Waals surface area contributed by atoms with E-state index in [1.54, 1.807) is 0 Å². The number of benzene rings is 1. The second-order valence-corrected chi connectivity index (χ2v) is 4.65. The van der Waals surface area contributed by atoms with Gasteiger partial charge in [0.25, 0.3) is 0 Å². The molecule has 1 aliphatic heterocycles. The molecule has 0 radical (unpaired) electrons. The van der Waals surface area contributed by atoms with Crippen molar-refractivity contribution >= 4 is 33.4 Å². The highest BCUT2D eigenvalue weighted by molar-refractivity contribution is 9.10. The zero-order valence-corrected chi connectivity index (χ0v) is 10.1. The van der Waals surface area contributed by atoms with E-state index >= 15 is 0 Å². The second-order valence-electron chi connectivity index (χ2n) is 3.36. The Morgan fingerprint density at radius 3 is 2.93 bits per heavy atom. The predicted octanol–water partition coefficient (Wildman–Crippen LogP) is 2.84. The van der Waals surface area contributed by atoms with E-state index in [1.807, 2.05) is 18.2 Å². The van der Waals surface area contributed by atoms with Crippen LogP contribution in [-0.4, -0.2) is 18.4 Å². The van der Waals surface area contributed by atoms with Crippen LogP contribution in [0.15, 0.2) is 27.7 Å². The van der Waals surface area contributed by atoms with Crippen molar-refractivity contribution in [2.75, 3.05) is 6.54 Å². The smallest absolute Gasteiger partial charge is 0.129 e. The molecule has 1 aromatic carbocycles. The minimum Gasteiger partial charge on any atom is -0.366 e. The van der Waals surface area contributed by atoms with Crippen molar-refractivity contribution in [1.82, 2.24) is 5.32 Å². The molecule has 2 nitrogen and oxygen atoms in total. The highest BCUT2D eigenvalue weighted by atomic mass is 79.9. The third kappa shape index (κ3) is 1.93. The summed E-state index contributed by atoms with van der Waals surface area (Å²) in [6.07, 6.45) is 0. The minimum absolute atomic E-state index is 0.424. The van der Waals surface area contributed by atoms with Crippen molar-refractivity contribution in [2.45, 2.75) is 13.0 Å². The summed E-state index contributed by atoms with van der Waals surface area (Å²) in [5, 5.41) is 4.04. The van der Waals surface area contributed by atoms with Crippen LogP contribution in [0.3, 0.4) is 0 Å². The van der Waals surface area contributed by atoms with E-state index in [0.29, 0.717) is 6.04 Å². The molecule has 1 aliphatic rings. The molecule has 1 N–H and O–H groups in total. The molecule has 0 amide bonds. The van der Waals surface area contributed by atoms with E-state index in [2.05, 4.69) is 33.2 Å². The van der Waals surface area contributed by atoms with Gasteiger partial charge in [-0.05, 0) is 41.1 Å². The minimum atomic E-state index is 0.424. The lowest BCUT2D eigenvalue weighted by atomic mass is 10.2. The first-order valence-corrected chi connectivity index (χ1v) is 5.60. The monoisotopic (exact) mass is 272 g/mol. The Kier molecular flexibility index (Phi) is 2.79. The predicted molar refractivity (Wildman–Crippen MR) is 63.2 cm³/mol. The molecule has 2 rings (SSSR count). The van der Waals surface area contributed by atoms with Crippen LogP contribution >= 0.6 is 27.5 Å². The molecule has 0 aromatic heterocycles. The fourth-order valence-corrected chi connectivity index (χ4v) is 2.27. The van der Waals surface area contributed by atoms with Crippen LogP contribution in [-0.2, 0) is 0 Å². The zero-order chi connectivity index (χ0) is 10.1. The number of hydrogen-bond donors (Lipinski definition) is 1. The summed E-state index contributed by atoms with van der Waals surface area (Å²) in [6.45, 7) is 2.95. The average molecular weight is 274 g/mol. The van der Waals surface area contributed by atoms with E-state index < -0.39 is 0 Å². The van der Waals surface area contributed by atoms with Gasteiger partial charge in [-0.15, -0.1) is 0 Å². The van der Waals surface area contributed by atoms with Gasteiger partial charge in [-0.2, -0.15) is 0 Å². The van der Waals surface area contributed by atoms with Gasteiger partial charge in [-0.25, -0.2) is 0 Å². The summed E-state index contributed by atoms with van der Waals surface area (Å²) < 4.78 is 0.977. The van der Waals surface area contributed by atoms with E-state index in [9.17, 15) is 0 Å². The fraction of sp³-hybridized carbons (Fsp3) is 0.300. The lowest BCUT2D eigenvalue weighted by molar-refractivity contribution is 0.726. The highest BCUT2D eigenvalue weighted by Gasteiger charge is 2.16. The molecular weight excluding hydrogens is 263 g/mol. The van der Waals surface area contributed by atoms with Gasteiger partial charge in [-0.3, -0.25) is 4.99 Å². The van der Waals surface area contributed by atoms with Gasteiger partial charge in [-0.1, -0.05) is 11.6 Å². The number of amidine groups is 1. The Morgan fingerprint density at radius 2 is 2.36 bits per heavy atom. The van der Waals surface area contributed by atoms with Crippen LogP contribution in [0.4, 0.5) is 0 Å². The molecule has 74 valence electrons. The zero-order valence-electron chi connectivity index (χ0n) is 7.72. The first-order valence-electron chi connectivity index (χ1n) is 4.43. The fourth-order valence-electron chi connectivity index (χ4n) is 1.40. The van der Waals surface area contributed by atoms with Crippen LogP contribution < -0.4 is 5.32 Å². The lowest BCUT2D eigenvalue weighted by Gasteiger charge is -2.07. The van der Waals surface area contributed by atoms with E-state index in [1.165, 1.54) is 0 Å². The average Bonchev–Trinajstić information content (AvgIpc) is 2.51. The summed E-state index contributed by atoms with van der Waals surface area (Å²) in [4.78, 5) is 4.41. The van der Waals surface area contributed by atoms with E-state index in [4.69, 9.17) is 11.6 Å². The maximum absolute atomic E-state index is 5.86. The number of halogens is 2. The molecule has 0 fully saturated rings. The van der Waals surface area contributed by atoms with Gasteiger partial charge >= 0.3 is 0 Å². The van der Waals surface area contributed by atoms with Gasteiger partial charge < -0.3 is 5.32 Å². The number of rotatable bonds is 1. The van der Waals surface area contributed by atoms with Gasteiger partial charge in [0.1, 0.15) is 5.84 Å². The Morgan fingerprint density at radius 1 is 1.57 bits per heavy atom. The first-order chi connectivity index (χ1) is 6.66. The van der Waals surface area contributed by atoms with Crippen LogP contribution in [0, 0.1) is 0 Å². The SMILES string of the molecule is CC1CN=C(c2ccc(Cl)cc2Br)N1. The molecule has 0 saturated carbocycles. The lowest BCUT2D eigenvalue weighted by Crippen LogP contribution is -2.27. The van der Waals surface area contributed by atoms with Gasteiger partial charge in [0.15, 0.2) is 0 Å². The standard InChI is InChI=1S/C10H10BrClN2/c1-6-5-13-10(14-6)8-3-2-7(12)4-9(8)11/h2-4,6H,5H2,1H3,(H,13,14). The van der Waals surface area contributed by atoms with Crippen molar-refractivity contribution < 1.29 is 0 Å². The molecule has 0 bridgehead atoms. The molecule has 1 heterocycles. The van der Waals surface area contributed by atoms with Gasteiger partial charge in [0.05, 0.1) is 6.54 Å². The van der Waals surface area contributed by atoms with Crippen LogP contribution in [0.5, 0.6) is 0 Å². The number of aliphatic imine (C=N–C) groups is 1. The van der Waals surface area contributed by atoms with E-state index in [0.717, 1.165) is 27.4 Å². The van der Waals surface area contributed by atoms with Crippen molar-refractivity contribution in [1.29, 1.82) is 0 Å². The second kappa shape index (κ2) is 3.91. The van der Waals surface area contributed by atoms with Crippen molar-refractivity contribution in [3.05, 3.63) is 33.3 Å². The highest BCUT2D eigenvalue weighted by Crippen LogP contribution is 2.22. The molecule has 4 heteroatoms. The summed E-state index contributed by atoms with van der Waals surface area (Å²) in [6, 6.07) is 6.14. The summed E-state index contributed by atoms with van der Waals surface area (Å²) in [5.74, 6) is 0.945. The maximum Gasteiger partial charge on any atom is 0.129 e. The number of nitrogens with zero attached hydrogens (tertiary/aromatic N) is 1. The molecule has 1 atom stereocenters. The maximum atomic E-state index is 5.86. The molecular formula is C10H10BrClN2. The molecule has 1 unspecified atom stereocenters. The topological polar surface area (TPSA) is 24.4 Å². The van der Waals surface area contributed by atoms with Crippen LogP contribution in [0.25, 0.3) is 0 Å². The van der Waals surface area contributed by atoms with Crippen molar-refractivity contribution in [3.63, 3.8) is 0 Å². The molecule has 0 saturated heterocycles. The normalized spacial score (nSPS) is 20.5. The summed E-state index contributed by atoms with van der Waals surface area (Å²) in [5.41, 5.74) is 1.07. The summed E-state index contributed by atoms with van der Waals surface area (Å²) in [7, 11) is 0. The molecule has 14 heavy (non-hydrogen) atoms. The van der Waals surface area contributed by atoms with Gasteiger partial charge in [0, 0.05) is 21.1 Å². The van der Waals surface area contributed by atoms with Crippen molar-refractivity contribution in [2.24, 2.45) is 4.99 Å². The van der Waals surface area contributed by atoms with Gasteiger partial charge in [0.2, 0.25) is 0 Å². The third-order valence-electron chi connectivity index (χ3n) is 2.09. The molecule has 0 spiro atoms. The molecule has 0 aliphatic carbocycles. The van der Waals surface area contributed by atoms with E-state index in [-0.39, 0.29) is 0 Å². The Bertz CT molecular complexity index is 390. The molecule has 1 aromatic rings. The van der Waals surface area contributed by atoms with Crippen molar-refractivity contribution in [3.8, 4) is 0 Å². The Labute approximate surface area is 96.5 Å².